The Morgan fingerprint density at radius 3 is 2.82 bits per heavy atom. The third-order valence-electron chi connectivity index (χ3n) is 2.54. The maximum atomic E-state index is 13.5. The van der Waals surface area contributed by atoms with Crippen LogP contribution in [0.5, 0.6) is 0 Å². The highest BCUT2D eigenvalue weighted by atomic mass is 127. The average Bonchev–Trinajstić information content (AvgIpc) is 2.47. The van der Waals surface area contributed by atoms with Crippen LogP contribution in [0.1, 0.15) is 5.69 Å². The molecule has 122 valence electrons. The molecule has 1 amide bonds. The van der Waals surface area contributed by atoms with E-state index in [2.05, 4.69) is 27.2 Å². The van der Waals surface area contributed by atoms with E-state index in [9.17, 15) is 9.18 Å². The fraction of sp³-hybridized carbons (Fsp3) is 0.357. The molecule has 1 heterocycles. The summed E-state index contributed by atoms with van der Waals surface area (Å²) in [5, 5.41) is 5.83. The number of halogens is 2. The summed E-state index contributed by atoms with van der Waals surface area (Å²) in [5.74, 6) is -0.101. The quantitative estimate of drug-likeness (QED) is 0.313. The van der Waals surface area contributed by atoms with Gasteiger partial charge >= 0.3 is 0 Å². The lowest BCUT2D eigenvalue weighted by Crippen LogP contribution is -2.43. The first-order valence-corrected chi connectivity index (χ1v) is 6.47. The molecule has 2 N–H and O–H groups in total. The van der Waals surface area contributed by atoms with Crippen molar-refractivity contribution >= 4 is 35.8 Å². The van der Waals surface area contributed by atoms with Crippen molar-refractivity contribution in [1.29, 1.82) is 0 Å². The third kappa shape index (κ3) is 7.34. The Morgan fingerprint density at radius 2 is 2.23 bits per heavy atom. The van der Waals surface area contributed by atoms with Gasteiger partial charge in [-0.1, -0.05) is 6.08 Å². The van der Waals surface area contributed by atoms with Gasteiger partial charge in [-0.05, 0) is 12.1 Å². The lowest BCUT2D eigenvalue weighted by Gasteiger charge is -2.14. The molecule has 0 atom stereocenters. The standard InChI is InChI=1S/C14H20FN5O.HI/c1-4-7-17-14(19-10-13(21)20(2)3)18-9-12-11(15)6-5-8-16-12;/h4-6,8H,1,7,9-10H2,2-3H3,(H2,17,18,19);1H. The summed E-state index contributed by atoms with van der Waals surface area (Å²) in [7, 11) is 3.34. The summed E-state index contributed by atoms with van der Waals surface area (Å²) in [6, 6.07) is 2.85. The number of hydrogen-bond acceptors (Lipinski definition) is 3. The van der Waals surface area contributed by atoms with Gasteiger partial charge in [0, 0.05) is 26.8 Å². The number of rotatable bonds is 6. The van der Waals surface area contributed by atoms with E-state index in [1.807, 2.05) is 0 Å². The van der Waals surface area contributed by atoms with Crippen molar-refractivity contribution < 1.29 is 9.18 Å². The highest BCUT2D eigenvalue weighted by Gasteiger charge is 2.06. The average molecular weight is 421 g/mol. The van der Waals surface area contributed by atoms with Crippen LogP contribution in [0.2, 0.25) is 0 Å². The van der Waals surface area contributed by atoms with Crippen LogP contribution < -0.4 is 10.6 Å². The number of amides is 1. The third-order valence-corrected chi connectivity index (χ3v) is 2.54. The van der Waals surface area contributed by atoms with Crippen molar-refractivity contribution in [1.82, 2.24) is 20.5 Å². The fourth-order valence-corrected chi connectivity index (χ4v) is 1.35. The van der Waals surface area contributed by atoms with E-state index in [0.29, 0.717) is 12.5 Å². The first-order valence-electron chi connectivity index (χ1n) is 6.47. The minimum Gasteiger partial charge on any atom is -0.353 e. The summed E-state index contributed by atoms with van der Waals surface area (Å²) in [6.45, 7) is 4.25. The Balaban J connectivity index is 0.00000441. The van der Waals surface area contributed by atoms with Crippen LogP contribution in [0, 0.1) is 5.82 Å². The summed E-state index contributed by atoms with van der Waals surface area (Å²) >= 11 is 0. The number of aliphatic imine (C=N–C) groups is 1. The number of pyridine rings is 1. The molecule has 0 aliphatic heterocycles. The Kier molecular flexibility index (Phi) is 10.1. The molecular weight excluding hydrogens is 400 g/mol. The van der Waals surface area contributed by atoms with Gasteiger partial charge in [0.15, 0.2) is 5.96 Å². The van der Waals surface area contributed by atoms with Crippen LogP contribution in [0.15, 0.2) is 36.0 Å². The van der Waals surface area contributed by atoms with E-state index in [4.69, 9.17) is 0 Å². The zero-order chi connectivity index (χ0) is 15.7. The van der Waals surface area contributed by atoms with Crippen molar-refractivity contribution in [2.24, 2.45) is 4.99 Å². The highest BCUT2D eigenvalue weighted by molar-refractivity contribution is 14.0. The maximum absolute atomic E-state index is 13.5. The SMILES string of the molecule is C=CCNC(=NCc1ncccc1F)NCC(=O)N(C)C.I. The van der Waals surface area contributed by atoms with Gasteiger partial charge in [-0.15, -0.1) is 30.6 Å². The lowest BCUT2D eigenvalue weighted by atomic mass is 10.3. The van der Waals surface area contributed by atoms with E-state index < -0.39 is 5.82 Å². The van der Waals surface area contributed by atoms with Gasteiger partial charge in [0.1, 0.15) is 5.82 Å². The van der Waals surface area contributed by atoms with Crippen LogP contribution in [-0.4, -0.2) is 48.9 Å². The number of nitrogens with zero attached hydrogens (tertiary/aromatic N) is 3. The van der Waals surface area contributed by atoms with E-state index >= 15 is 0 Å². The molecule has 0 saturated carbocycles. The predicted octanol–water partition coefficient (Wildman–Crippen LogP) is 1.15. The lowest BCUT2D eigenvalue weighted by molar-refractivity contribution is -0.127. The van der Waals surface area contributed by atoms with Crippen LogP contribution >= 0.6 is 24.0 Å². The van der Waals surface area contributed by atoms with Gasteiger partial charge in [0.2, 0.25) is 5.91 Å². The fourth-order valence-electron chi connectivity index (χ4n) is 1.35. The number of carbonyl (C=O) groups excluding carboxylic acids is 1. The second-order valence-electron chi connectivity index (χ2n) is 4.41. The first-order chi connectivity index (χ1) is 10.0. The van der Waals surface area contributed by atoms with Crippen molar-refractivity contribution in [2.45, 2.75) is 6.54 Å². The normalized spacial score (nSPS) is 10.4. The van der Waals surface area contributed by atoms with Gasteiger partial charge in [-0.2, -0.15) is 0 Å². The number of nitrogens with one attached hydrogen (secondary N) is 2. The number of guanidine groups is 1. The molecule has 1 rings (SSSR count). The topological polar surface area (TPSA) is 69.6 Å². The largest absolute Gasteiger partial charge is 0.353 e. The molecule has 1 aromatic heterocycles. The van der Waals surface area contributed by atoms with Crippen LogP contribution in [0.4, 0.5) is 4.39 Å². The van der Waals surface area contributed by atoms with Gasteiger partial charge in [-0.3, -0.25) is 9.78 Å². The van der Waals surface area contributed by atoms with Crippen molar-refractivity contribution in [3.05, 3.63) is 42.5 Å². The Morgan fingerprint density at radius 1 is 1.50 bits per heavy atom. The monoisotopic (exact) mass is 421 g/mol. The van der Waals surface area contributed by atoms with E-state index in [1.165, 1.54) is 23.2 Å². The molecule has 1 aromatic rings. The zero-order valence-corrected chi connectivity index (χ0v) is 15.0. The minimum atomic E-state index is -0.409. The van der Waals surface area contributed by atoms with Crippen LogP contribution in [-0.2, 0) is 11.3 Å². The highest BCUT2D eigenvalue weighted by Crippen LogP contribution is 2.03. The molecule has 0 spiro atoms. The van der Waals surface area contributed by atoms with Gasteiger partial charge in [0.05, 0.1) is 18.8 Å². The Hall–Kier alpha value is -1.71. The molecule has 0 unspecified atom stereocenters. The van der Waals surface area contributed by atoms with Crippen molar-refractivity contribution in [3.63, 3.8) is 0 Å². The maximum Gasteiger partial charge on any atom is 0.241 e. The molecule has 6 nitrogen and oxygen atoms in total. The number of hydrogen-bond donors (Lipinski definition) is 2. The predicted molar refractivity (Wildman–Crippen MR) is 95.6 cm³/mol. The van der Waals surface area contributed by atoms with E-state index in [0.717, 1.165) is 0 Å². The first kappa shape index (κ1) is 20.3. The molecular formula is C14H21FIN5O. The molecule has 0 fully saturated rings. The second kappa shape index (κ2) is 10.9. The zero-order valence-electron chi connectivity index (χ0n) is 12.7. The number of likely N-dealkylation sites (N-methyl/N-ethyl adjacent to an activating group) is 1. The minimum absolute atomic E-state index is 0. The van der Waals surface area contributed by atoms with Crippen molar-refractivity contribution in [3.8, 4) is 0 Å². The molecule has 0 aliphatic carbocycles. The van der Waals surface area contributed by atoms with Crippen molar-refractivity contribution in [2.75, 3.05) is 27.2 Å². The van der Waals surface area contributed by atoms with Crippen LogP contribution in [0.25, 0.3) is 0 Å². The summed E-state index contributed by atoms with van der Waals surface area (Å²) in [4.78, 5) is 21.1. The molecule has 0 aliphatic rings. The van der Waals surface area contributed by atoms with Gasteiger partial charge in [-0.25, -0.2) is 9.38 Å². The van der Waals surface area contributed by atoms with E-state index in [-0.39, 0.29) is 48.7 Å². The summed E-state index contributed by atoms with van der Waals surface area (Å²) in [6.07, 6.45) is 3.17. The van der Waals surface area contributed by atoms with Gasteiger partial charge in [0.25, 0.3) is 0 Å². The van der Waals surface area contributed by atoms with E-state index in [1.54, 1.807) is 20.2 Å². The molecule has 0 saturated heterocycles. The molecule has 22 heavy (non-hydrogen) atoms. The molecule has 0 bridgehead atoms. The smallest absolute Gasteiger partial charge is 0.241 e. The summed E-state index contributed by atoms with van der Waals surface area (Å²) < 4.78 is 13.5. The van der Waals surface area contributed by atoms with Gasteiger partial charge < -0.3 is 15.5 Å². The Labute approximate surface area is 146 Å². The molecule has 8 heteroatoms. The summed E-state index contributed by atoms with van der Waals surface area (Å²) in [5.41, 5.74) is 0.246. The number of carbonyl (C=O) groups is 1. The second-order valence-corrected chi connectivity index (χ2v) is 4.41. The Bertz CT molecular complexity index is 522. The molecule has 0 radical (unpaired) electrons. The van der Waals surface area contributed by atoms with Crippen LogP contribution in [0.3, 0.4) is 0 Å². The molecule has 0 aromatic carbocycles. The number of aromatic nitrogens is 1.